The largest absolute Gasteiger partial charge is 0.454 e. The van der Waals surface area contributed by atoms with Crippen molar-refractivity contribution in [2.24, 2.45) is 0 Å². The van der Waals surface area contributed by atoms with E-state index < -0.39 is 10.0 Å². The Morgan fingerprint density at radius 1 is 1.00 bits per heavy atom. The lowest BCUT2D eigenvalue weighted by Gasteiger charge is -2.23. The third kappa shape index (κ3) is 3.06. The third-order valence-corrected chi connectivity index (χ3v) is 5.90. The molecule has 1 aliphatic heterocycles. The Morgan fingerprint density at radius 2 is 1.71 bits per heavy atom. The molecule has 128 valence electrons. The molecule has 0 radical (unpaired) electrons. The molecule has 0 saturated carbocycles. The first-order chi connectivity index (χ1) is 11.6. The van der Waals surface area contributed by atoms with Crippen molar-refractivity contribution in [3.05, 3.63) is 48.0 Å². The van der Waals surface area contributed by atoms with Crippen molar-refractivity contribution in [2.75, 3.05) is 17.6 Å². The predicted octanol–water partition coefficient (Wildman–Crippen LogP) is 3.58. The monoisotopic (exact) mass is 347 g/mol. The van der Waals surface area contributed by atoms with Gasteiger partial charge in [-0.1, -0.05) is 25.5 Å². The molecule has 2 aromatic carbocycles. The summed E-state index contributed by atoms with van der Waals surface area (Å²) in [4.78, 5) is 0.293. The van der Waals surface area contributed by atoms with Crippen molar-refractivity contribution < 1.29 is 17.9 Å². The third-order valence-electron chi connectivity index (χ3n) is 3.98. The zero-order valence-electron chi connectivity index (χ0n) is 13.9. The summed E-state index contributed by atoms with van der Waals surface area (Å²) in [5.41, 5.74) is 1.71. The summed E-state index contributed by atoms with van der Waals surface area (Å²) in [6, 6.07) is 12.3. The fraction of sp³-hybridized carbons (Fsp3) is 0.333. The molecular weight excluding hydrogens is 326 g/mol. The molecule has 6 heteroatoms. The molecular formula is C18H21NO4S. The number of anilines is 1. The standard InChI is InChI=1S/C18H21NO4S/c1-3-5-14-6-9-16(10-7-14)24(20,21)19(4-2)15-8-11-17-18(12-15)23-13-22-17/h6-12H,3-5,13H2,1-2H3. The van der Waals surface area contributed by atoms with Crippen LogP contribution in [-0.4, -0.2) is 21.8 Å². The normalized spacial score (nSPS) is 13.1. The molecule has 0 saturated heterocycles. The van der Waals surface area contributed by atoms with Gasteiger partial charge in [0.15, 0.2) is 11.5 Å². The maximum absolute atomic E-state index is 13.0. The van der Waals surface area contributed by atoms with Gasteiger partial charge < -0.3 is 9.47 Å². The van der Waals surface area contributed by atoms with E-state index in [0.717, 1.165) is 18.4 Å². The summed E-state index contributed by atoms with van der Waals surface area (Å²) < 4.78 is 38.0. The summed E-state index contributed by atoms with van der Waals surface area (Å²) >= 11 is 0. The van der Waals surface area contributed by atoms with Crippen LogP contribution in [0.4, 0.5) is 5.69 Å². The number of nitrogens with zero attached hydrogens (tertiary/aromatic N) is 1. The summed E-state index contributed by atoms with van der Waals surface area (Å²) in [7, 11) is -3.62. The lowest BCUT2D eigenvalue weighted by molar-refractivity contribution is 0.174. The van der Waals surface area contributed by atoms with Crippen LogP contribution < -0.4 is 13.8 Å². The van der Waals surface area contributed by atoms with E-state index in [4.69, 9.17) is 9.47 Å². The van der Waals surface area contributed by atoms with Gasteiger partial charge in [-0.25, -0.2) is 8.42 Å². The van der Waals surface area contributed by atoms with Crippen LogP contribution >= 0.6 is 0 Å². The van der Waals surface area contributed by atoms with Gasteiger partial charge in [-0.2, -0.15) is 0 Å². The first kappa shape index (κ1) is 16.6. The van der Waals surface area contributed by atoms with Gasteiger partial charge in [-0.3, -0.25) is 4.31 Å². The minimum Gasteiger partial charge on any atom is -0.454 e. The number of hydrogen-bond acceptors (Lipinski definition) is 4. The highest BCUT2D eigenvalue weighted by molar-refractivity contribution is 7.92. The van der Waals surface area contributed by atoms with Crippen LogP contribution in [0.1, 0.15) is 25.8 Å². The first-order valence-corrected chi connectivity index (χ1v) is 9.51. The van der Waals surface area contributed by atoms with Gasteiger partial charge in [0.25, 0.3) is 10.0 Å². The van der Waals surface area contributed by atoms with Crippen molar-refractivity contribution in [3.8, 4) is 11.5 Å². The summed E-state index contributed by atoms with van der Waals surface area (Å²) in [5.74, 6) is 1.20. The number of sulfonamides is 1. The minimum atomic E-state index is -3.62. The lowest BCUT2D eigenvalue weighted by Crippen LogP contribution is -2.30. The van der Waals surface area contributed by atoms with Crippen LogP contribution in [0, 0.1) is 0 Å². The quantitative estimate of drug-likeness (QED) is 0.801. The lowest BCUT2D eigenvalue weighted by atomic mass is 10.1. The first-order valence-electron chi connectivity index (χ1n) is 8.07. The van der Waals surface area contributed by atoms with E-state index in [9.17, 15) is 8.42 Å². The van der Waals surface area contributed by atoms with E-state index >= 15 is 0 Å². The molecule has 2 aromatic rings. The molecule has 0 unspecified atom stereocenters. The summed E-state index contributed by atoms with van der Waals surface area (Å²) in [6.07, 6.45) is 1.98. The second kappa shape index (κ2) is 6.73. The zero-order chi connectivity index (χ0) is 17.2. The van der Waals surface area contributed by atoms with Crippen molar-refractivity contribution >= 4 is 15.7 Å². The summed E-state index contributed by atoms with van der Waals surface area (Å²) in [5, 5.41) is 0. The van der Waals surface area contributed by atoms with Crippen molar-refractivity contribution in [1.82, 2.24) is 0 Å². The van der Waals surface area contributed by atoms with E-state index in [1.54, 1.807) is 30.3 Å². The highest BCUT2D eigenvalue weighted by Gasteiger charge is 2.25. The number of benzene rings is 2. The predicted molar refractivity (Wildman–Crippen MR) is 93.2 cm³/mol. The van der Waals surface area contributed by atoms with E-state index in [1.165, 1.54) is 4.31 Å². The fourth-order valence-corrected chi connectivity index (χ4v) is 4.24. The van der Waals surface area contributed by atoms with E-state index in [0.29, 0.717) is 28.6 Å². The Balaban J connectivity index is 1.93. The Kier molecular flexibility index (Phi) is 4.66. The molecule has 0 N–H and O–H groups in total. The van der Waals surface area contributed by atoms with Crippen LogP contribution in [0.15, 0.2) is 47.4 Å². The summed E-state index contributed by atoms with van der Waals surface area (Å²) in [6.45, 7) is 4.41. The smallest absolute Gasteiger partial charge is 0.264 e. The van der Waals surface area contributed by atoms with E-state index in [-0.39, 0.29) is 6.79 Å². The number of rotatable bonds is 6. The van der Waals surface area contributed by atoms with Gasteiger partial charge in [0.2, 0.25) is 6.79 Å². The van der Waals surface area contributed by atoms with Gasteiger partial charge in [0, 0.05) is 12.6 Å². The van der Waals surface area contributed by atoms with Crippen LogP contribution in [0.5, 0.6) is 11.5 Å². The van der Waals surface area contributed by atoms with Gasteiger partial charge in [-0.15, -0.1) is 0 Å². The fourth-order valence-electron chi connectivity index (χ4n) is 2.78. The van der Waals surface area contributed by atoms with Crippen molar-refractivity contribution in [3.63, 3.8) is 0 Å². The number of hydrogen-bond donors (Lipinski definition) is 0. The van der Waals surface area contributed by atoms with Crippen molar-refractivity contribution in [1.29, 1.82) is 0 Å². The maximum atomic E-state index is 13.0. The second-order valence-corrected chi connectivity index (χ2v) is 7.46. The molecule has 0 bridgehead atoms. The van der Waals surface area contributed by atoms with Gasteiger partial charge in [-0.05, 0) is 43.2 Å². The molecule has 3 rings (SSSR count). The molecule has 0 aliphatic carbocycles. The SMILES string of the molecule is CCCc1ccc(S(=O)(=O)N(CC)c2ccc3c(c2)OCO3)cc1. The molecule has 1 heterocycles. The molecule has 0 atom stereocenters. The zero-order valence-corrected chi connectivity index (χ0v) is 14.7. The number of aryl methyl sites for hydroxylation is 1. The van der Waals surface area contributed by atoms with Gasteiger partial charge in [0.05, 0.1) is 10.6 Å². The Labute approximate surface area is 142 Å². The van der Waals surface area contributed by atoms with Crippen LogP contribution in [0.2, 0.25) is 0 Å². The molecule has 0 spiro atoms. The Bertz CT molecular complexity index is 815. The molecule has 1 aliphatic rings. The van der Waals surface area contributed by atoms with Crippen LogP contribution in [0.3, 0.4) is 0 Å². The highest BCUT2D eigenvalue weighted by Crippen LogP contribution is 2.36. The average Bonchev–Trinajstić information content (AvgIpc) is 3.04. The molecule has 0 aromatic heterocycles. The maximum Gasteiger partial charge on any atom is 0.264 e. The number of fused-ring (bicyclic) bond motifs is 1. The van der Waals surface area contributed by atoms with E-state index in [2.05, 4.69) is 6.92 Å². The highest BCUT2D eigenvalue weighted by atomic mass is 32.2. The molecule has 0 amide bonds. The second-order valence-electron chi connectivity index (χ2n) is 5.60. The molecule has 5 nitrogen and oxygen atoms in total. The van der Waals surface area contributed by atoms with Gasteiger partial charge >= 0.3 is 0 Å². The minimum absolute atomic E-state index is 0.163. The molecule has 0 fully saturated rings. The van der Waals surface area contributed by atoms with E-state index in [1.807, 2.05) is 19.1 Å². The number of ether oxygens (including phenoxy) is 2. The van der Waals surface area contributed by atoms with Crippen molar-refractivity contribution in [2.45, 2.75) is 31.6 Å². The Morgan fingerprint density at radius 3 is 2.38 bits per heavy atom. The van der Waals surface area contributed by atoms with Crippen LogP contribution in [-0.2, 0) is 16.4 Å². The topological polar surface area (TPSA) is 55.8 Å². The average molecular weight is 347 g/mol. The Hall–Kier alpha value is -2.21. The van der Waals surface area contributed by atoms with Gasteiger partial charge in [0.1, 0.15) is 0 Å². The molecule has 24 heavy (non-hydrogen) atoms. The van der Waals surface area contributed by atoms with Crippen LogP contribution in [0.25, 0.3) is 0 Å².